The predicted octanol–water partition coefficient (Wildman–Crippen LogP) is 5.54. The van der Waals surface area contributed by atoms with Crippen LogP contribution in [0.25, 0.3) is 22.3 Å². The number of aromatic nitrogens is 2. The van der Waals surface area contributed by atoms with Gasteiger partial charge in [0.2, 0.25) is 0 Å². The Labute approximate surface area is 129 Å². The average molecular weight is 405 g/mol. The van der Waals surface area contributed by atoms with Crippen molar-refractivity contribution in [2.24, 2.45) is 0 Å². The van der Waals surface area contributed by atoms with E-state index in [2.05, 4.69) is 41.8 Å². The van der Waals surface area contributed by atoms with Crippen molar-refractivity contribution in [1.82, 2.24) is 9.97 Å². The molecule has 0 unspecified atom stereocenters. The van der Waals surface area contributed by atoms with E-state index in [9.17, 15) is 0 Å². The molecule has 90 valence electrons. The van der Waals surface area contributed by atoms with E-state index in [-0.39, 0.29) is 0 Å². The van der Waals surface area contributed by atoms with Gasteiger partial charge in [-0.05, 0) is 40.2 Å². The summed E-state index contributed by atoms with van der Waals surface area (Å²) in [7, 11) is 0. The molecule has 0 aliphatic rings. The van der Waals surface area contributed by atoms with Crippen LogP contribution >= 0.6 is 54.8 Å². The van der Waals surface area contributed by atoms with Gasteiger partial charge in [-0.2, -0.15) is 0 Å². The van der Waals surface area contributed by atoms with Crippen LogP contribution in [0.15, 0.2) is 37.9 Å². The summed E-state index contributed by atoms with van der Waals surface area (Å²) >= 11 is 14.7. The smallest absolute Gasteiger partial charge is 0.162 e. The van der Waals surface area contributed by atoms with Crippen molar-refractivity contribution in [1.29, 1.82) is 0 Å². The minimum atomic E-state index is 0.477. The largest absolute Gasteiger partial charge is 0.228 e. The first-order valence-electron chi connectivity index (χ1n) is 5.01. The van der Waals surface area contributed by atoms with Crippen molar-refractivity contribution in [2.45, 2.75) is 0 Å². The molecule has 0 spiro atoms. The highest BCUT2D eigenvalue weighted by Gasteiger charge is 2.09. The third kappa shape index (κ3) is 2.32. The number of benzene rings is 1. The lowest BCUT2D eigenvalue weighted by atomic mass is 10.2. The third-order valence-corrected chi connectivity index (χ3v) is 4.72. The van der Waals surface area contributed by atoms with Gasteiger partial charge in [-0.1, -0.05) is 27.5 Å². The lowest BCUT2D eigenvalue weighted by Crippen LogP contribution is -1.90. The minimum Gasteiger partial charge on any atom is -0.228 e. The molecule has 0 aliphatic carbocycles. The fraction of sp³-hybridized carbons (Fsp3) is 0. The van der Waals surface area contributed by atoms with Gasteiger partial charge < -0.3 is 0 Å². The molecule has 1 aromatic carbocycles. The number of nitrogens with zero attached hydrogens (tertiary/aromatic N) is 2. The topological polar surface area (TPSA) is 25.8 Å². The highest BCUT2D eigenvalue weighted by atomic mass is 79.9. The van der Waals surface area contributed by atoms with Gasteiger partial charge >= 0.3 is 0 Å². The van der Waals surface area contributed by atoms with Gasteiger partial charge in [0.05, 0.1) is 9.30 Å². The summed E-state index contributed by atoms with van der Waals surface area (Å²) < 4.78 is 2.02. The molecule has 18 heavy (non-hydrogen) atoms. The molecule has 0 fully saturated rings. The number of hydrogen-bond acceptors (Lipinski definition) is 3. The van der Waals surface area contributed by atoms with Gasteiger partial charge in [0, 0.05) is 20.8 Å². The molecule has 0 radical (unpaired) electrons. The first-order valence-corrected chi connectivity index (χ1v) is 7.85. The van der Waals surface area contributed by atoms with E-state index in [1.807, 2.05) is 29.6 Å². The zero-order chi connectivity index (χ0) is 12.7. The second kappa shape index (κ2) is 4.89. The summed E-state index contributed by atoms with van der Waals surface area (Å²) in [5.41, 5.74) is 1.80. The van der Waals surface area contributed by atoms with E-state index in [0.717, 1.165) is 24.7 Å². The fourth-order valence-electron chi connectivity index (χ4n) is 1.62. The lowest BCUT2D eigenvalue weighted by Gasteiger charge is -2.03. The average Bonchev–Trinajstić information content (AvgIpc) is 2.75. The van der Waals surface area contributed by atoms with Gasteiger partial charge in [0.15, 0.2) is 5.82 Å². The first kappa shape index (κ1) is 12.5. The molecule has 0 amide bonds. The van der Waals surface area contributed by atoms with E-state index < -0.39 is 0 Å². The summed E-state index contributed by atoms with van der Waals surface area (Å²) in [5, 5.41) is 3.34. The number of halogens is 3. The molecule has 6 heteroatoms. The SMILES string of the molecule is Clc1nc(-c2csc(Br)c2)nc2cc(Br)ccc12. The third-order valence-electron chi connectivity index (χ3n) is 2.44. The molecule has 2 heterocycles. The number of hydrogen-bond donors (Lipinski definition) is 0. The van der Waals surface area contributed by atoms with Gasteiger partial charge in [0.1, 0.15) is 5.15 Å². The van der Waals surface area contributed by atoms with E-state index >= 15 is 0 Å². The number of thiophene rings is 1. The van der Waals surface area contributed by atoms with Crippen LogP contribution in [-0.4, -0.2) is 9.97 Å². The van der Waals surface area contributed by atoms with Crippen LogP contribution < -0.4 is 0 Å². The number of rotatable bonds is 1. The molecular formula is C12H5Br2ClN2S. The summed E-state index contributed by atoms with van der Waals surface area (Å²) in [5.74, 6) is 0.646. The summed E-state index contributed by atoms with van der Waals surface area (Å²) in [4.78, 5) is 8.88. The quantitative estimate of drug-likeness (QED) is 0.498. The Kier molecular flexibility index (Phi) is 3.40. The second-order valence-electron chi connectivity index (χ2n) is 3.64. The van der Waals surface area contributed by atoms with Crippen molar-refractivity contribution >= 4 is 65.7 Å². The molecule has 0 bridgehead atoms. The van der Waals surface area contributed by atoms with Crippen LogP contribution in [0.1, 0.15) is 0 Å². The Hall–Kier alpha value is -0.490. The van der Waals surface area contributed by atoms with Crippen LogP contribution in [0.4, 0.5) is 0 Å². The van der Waals surface area contributed by atoms with Crippen LogP contribution in [0.2, 0.25) is 5.15 Å². The standard InChI is InChI=1S/C12H5Br2ClN2S/c13-7-1-2-8-9(4-7)16-12(17-11(8)15)6-3-10(14)18-5-6/h1-5H. The van der Waals surface area contributed by atoms with E-state index in [1.165, 1.54) is 0 Å². The normalized spacial score (nSPS) is 11.1. The van der Waals surface area contributed by atoms with E-state index in [1.54, 1.807) is 11.3 Å². The maximum atomic E-state index is 6.20. The van der Waals surface area contributed by atoms with Crippen molar-refractivity contribution in [3.63, 3.8) is 0 Å². The summed E-state index contributed by atoms with van der Waals surface area (Å²) in [6.45, 7) is 0. The lowest BCUT2D eigenvalue weighted by molar-refractivity contribution is 1.23. The van der Waals surface area contributed by atoms with Crippen LogP contribution in [-0.2, 0) is 0 Å². The molecule has 3 rings (SSSR count). The molecule has 0 aliphatic heterocycles. The Morgan fingerprint density at radius 2 is 1.94 bits per heavy atom. The molecule has 3 aromatic rings. The Bertz CT molecular complexity index is 742. The fourth-order valence-corrected chi connectivity index (χ4v) is 3.34. The van der Waals surface area contributed by atoms with Crippen molar-refractivity contribution in [2.75, 3.05) is 0 Å². The molecule has 2 nitrogen and oxygen atoms in total. The van der Waals surface area contributed by atoms with Gasteiger partial charge in [-0.3, -0.25) is 0 Å². The summed E-state index contributed by atoms with van der Waals surface area (Å²) in [6, 6.07) is 7.77. The van der Waals surface area contributed by atoms with Gasteiger partial charge in [0.25, 0.3) is 0 Å². The highest BCUT2D eigenvalue weighted by Crippen LogP contribution is 2.30. The zero-order valence-corrected chi connectivity index (χ0v) is 13.6. The van der Waals surface area contributed by atoms with Gasteiger partial charge in [-0.25, -0.2) is 9.97 Å². The first-order chi connectivity index (χ1) is 8.63. The Morgan fingerprint density at radius 3 is 2.67 bits per heavy atom. The van der Waals surface area contributed by atoms with Crippen molar-refractivity contribution in [3.05, 3.63) is 43.1 Å². The van der Waals surface area contributed by atoms with Crippen LogP contribution in [0.3, 0.4) is 0 Å². The highest BCUT2D eigenvalue weighted by molar-refractivity contribution is 9.11. The molecule has 0 saturated carbocycles. The van der Waals surface area contributed by atoms with Crippen LogP contribution in [0, 0.1) is 0 Å². The maximum Gasteiger partial charge on any atom is 0.162 e. The zero-order valence-electron chi connectivity index (χ0n) is 8.82. The van der Waals surface area contributed by atoms with Crippen molar-refractivity contribution in [3.8, 4) is 11.4 Å². The van der Waals surface area contributed by atoms with Crippen molar-refractivity contribution < 1.29 is 0 Å². The molecule has 0 N–H and O–H groups in total. The van der Waals surface area contributed by atoms with E-state index in [0.29, 0.717) is 11.0 Å². The Balaban J connectivity index is 2.26. The van der Waals surface area contributed by atoms with Crippen LogP contribution in [0.5, 0.6) is 0 Å². The Morgan fingerprint density at radius 1 is 1.11 bits per heavy atom. The predicted molar refractivity (Wildman–Crippen MR) is 83.3 cm³/mol. The molecular weight excluding hydrogens is 399 g/mol. The molecule has 0 atom stereocenters. The maximum absolute atomic E-state index is 6.20. The monoisotopic (exact) mass is 402 g/mol. The minimum absolute atomic E-state index is 0.477. The second-order valence-corrected chi connectivity index (χ2v) is 7.20. The number of fused-ring (bicyclic) bond motifs is 1. The molecule has 2 aromatic heterocycles. The van der Waals surface area contributed by atoms with Gasteiger partial charge in [-0.15, -0.1) is 11.3 Å². The summed E-state index contributed by atoms with van der Waals surface area (Å²) in [6.07, 6.45) is 0. The van der Waals surface area contributed by atoms with E-state index in [4.69, 9.17) is 11.6 Å². The molecule has 0 saturated heterocycles.